The molecule has 1 aromatic carbocycles. The number of carbonyl (C=O) groups is 2. The van der Waals surface area contributed by atoms with Gasteiger partial charge in [-0.3, -0.25) is 4.79 Å². The fraction of sp³-hybridized carbons (Fsp3) is 0.429. The maximum atomic E-state index is 11.6. The summed E-state index contributed by atoms with van der Waals surface area (Å²) in [5.41, 5.74) is 3.06. The monoisotopic (exact) mass is 264 g/mol. The zero-order valence-electron chi connectivity index (χ0n) is 11.3. The number of hydrogen-bond acceptors (Lipinski definition) is 2. The minimum Gasteiger partial charge on any atom is -0.481 e. The van der Waals surface area contributed by atoms with E-state index in [-0.39, 0.29) is 12.5 Å². The van der Waals surface area contributed by atoms with E-state index >= 15 is 0 Å². The van der Waals surface area contributed by atoms with Gasteiger partial charge in [0.1, 0.15) is 0 Å². The molecule has 0 aliphatic heterocycles. The van der Waals surface area contributed by atoms with Gasteiger partial charge in [-0.05, 0) is 49.9 Å². The lowest BCUT2D eigenvalue weighted by Gasteiger charge is -2.09. The number of anilines is 1. The molecule has 5 nitrogen and oxygen atoms in total. The van der Waals surface area contributed by atoms with E-state index in [4.69, 9.17) is 5.11 Å². The van der Waals surface area contributed by atoms with Gasteiger partial charge in [-0.25, -0.2) is 4.79 Å². The first-order chi connectivity index (χ1) is 8.99. The van der Waals surface area contributed by atoms with Crippen LogP contribution in [0.25, 0.3) is 0 Å². The Morgan fingerprint density at radius 2 is 1.89 bits per heavy atom. The Hall–Kier alpha value is -2.04. The van der Waals surface area contributed by atoms with Gasteiger partial charge in [0.25, 0.3) is 0 Å². The summed E-state index contributed by atoms with van der Waals surface area (Å²) in [6.07, 6.45) is 1.37. The molecule has 3 N–H and O–H groups in total. The number of rotatable bonds is 6. The summed E-state index contributed by atoms with van der Waals surface area (Å²) in [5, 5.41) is 13.9. The zero-order chi connectivity index (χ0) is 14.3. The molecule has 0 unspecified atom stereocenters. The number of unbranched alkanes of at least 4 members (excludes halogenated alkanes) is 1. The van der Waals surface area contributed by atoms with Crippen molar-refractivity contribution in [2.75, 3.05) is 11.9 Å². The molecule has 0 spiro atoms. The van der Waals surface area contributed by atoms with Crippen molar-refractivity contribution >= 4 is 17.7 Å². The van der Waals surface area contributed by atoms with E-state index in [1.54, 1.807) is 0 Å². The minimum absolute atomic E-state index is 0.139. The number of urea groups is 1. The van der Waals surface area contributed by atoms with Gasteiger partial charge >= 0.3 is 12.0 Å². The van der Waals surface area contributed by atoms with Crippen LogP contribution < -0.4 is 10.6 Å². The molecule has 0 saturated heterocycles. The maximum absolute atomic E-state index is 11.6. The topological polar surface area (TPSA) is 78.4 Å². The van der Waals surface area contributed by atoms with Crippen LogP contribution in [0.5, 0.6) is 0 Å². The molecule has 0 heterocycles. The molecule has 0 aromatic heterocycles. The fourth-order valence-electron chi connectivity index (χ4n) is 1.60. The Morgan fingerprint density at radius 3 is 2.53 bits per heavy atom. The van der Waals surface area contributed by atoms with E-state index in [1.165, 1.54) is 5.56 Å². The number of aryl methyl sites for hydroxylation is 2. The highest BCUT2D eigenvalue weighted by Gasteiger charge is 2.02. The fourth-order valence-corrected chi connectivity index (χ4v) is 1.60. The number of amides is 2. The van der Waals surface area contributed by atoms with E-state index in [2.05, 4.69) is 10.6 Å². The van der Waals surface area contributed by atoms with Crippen LogP contribution in [0.15, 0.2) is 18.2 Å². The summed E-state index contributed by atoms with van der Waals surface area (Å²) in [4.78, 5) is 21.9. The lowest BCUT2D eigenvalue weighted by atomic mass is 10.1. The second-order valence-electron chi connectivity index (χ2n) is 4.53. The average molecular weight is 264 g/mol. The summed E-state index contributed by atoms with van der Waals surface area (Å²) in [7, 11) is 0. The van der Waals surface area contributed by atoms with Crippen molar-refractivity contribution in [1.29, 1.82) is 0 Å². The van der Waals surface area contributed by atoms with Gasteiger partial charge in [0.2, 0.25) is 0 Å². The van der Waals surface area contributed by atoms with Crippen molar-refractivity contribution in [3.8, 4) is 0 Å². The molecule has 2 amide bonds. The lowest BCUT2D eigenvalue weighted by Crippen LogP contribution is -2.29. The Kier molecular flexibility index (Phi) is 5.85. The van der Waals surface area contributed by atoms with Crippen molar-refractivity contribution in [3.63, 3.8) is 0 Å². The Labute approximate surface area is 113 Å². The van der Waals surface area contributed by atoms with Crippen LogP contribution in [0.3, 0.4) is 0 Å². The summed E-state index contributed by atoms with van der Waals surface area (Å²) < 4.78 is 0. The van der Waals surface area contributed by atoms with Crippen LogP contribution >= 0.6 is 0 Å². The van der Waals surface area contributed by atoms with Crippen LogP contribution in [0.2, 0.25) is 0 Å². The van der Waals surface area contributed by atoms with Crippen LogP contribution in [0, 0.1) is 13.8 Å². The predicted octanol–water partition coefficient (Wildman–Crippen LogP) is 2.68. The van der Waals surface area contributed by atoms with Crippen molar-refractivity contribution in [2.24, 2.45) is 0 Å². The summed E-state index contributed by atoms with van der Waals surface area (Å²) >= 11 is 0. The highest BCUT2D eigenvalue weighted by molar-refractivity contribution is 5.89. The molecule has 0 aliphatic rings. The molecule has 5 heteroatoms. The smallest absolute Gasteiger partial charge is 0.319 e. The lowest BCUT2D eigenvalue weighted by molar-refractivity contribution is -0.137. The van der Waals surface area contributed by atoms with Gasteiger partial charge in [-0.15, -0.1) is 0 Å². The number of benzene rings is 1. The van der Waals surface area contributed by atoms with Crippen molar-refractivity contribution in [1.82, 2.24) is 5.32 Å². The molecule has 0 fully saturated rings. The van der Waals surface area contributed by atoms with Gasteiger partial charge < -0.3 is 15.7 Å². The Morgan fingerprint density at radius 1 is 1.16 bits per heavy atom. The first kappa shape index (κ1) is 15.0. The zero-order valence-corrected chi connectivity index (χ0v) is 11.3. The minimum atomic E-state index is -0.806. The van der Waals surface area contributed by atoms with E-state index in [0.29, 0.717) is 19.4 Å². The predicted molar refractivity (Wildman–Crippen MR) is 74.4 cm³/mol. The number of aliphatic carboxylic acids is 1. The third kappa shape index (κ3) is 5.90. The van der Waals surface area contributed by atoms with Crippen LogP contribution in [-0.4, -0.2) is 23.7 Å². The van der Waals surface area contributed by atoms with Crippen LogP contribution in [-0.2, 0) is 4.79 Å². The van der Waals surface area contributed by atoms with E-state index in [0.717, 1.165) is 11.3 Å². The maximum Gasteiger partial charge on any atom is 0.319 e. The molecule has 0 bridgehead atoms. The third-order valence-corrected chi connectivity index (χ3v) is 2.87. The molecule has 1 rings (SSSR count). The molecular formula is C14H20N2O3. The van der Waals surface area contributed by atoms with Crippen LogP contribution in [0.4, 0.5) is 10.5 Å². The van der Waals surface area contributed by atoms with Gasteiger partial charge in [0.05, 0.1) is 0 Å². The Balaban J connectivity index is 2.27. The molecule has 0 aliphatic carbocycles. The van der Waals surface area contributed by atoms with Crippen molar-refractivity contribution < 1.29 is 14.7 Å². The number of nitrogens with one attached hydrogen (secondary N) is 2. The van der Waals surface area contributed by atoms with Crippen molar-refractivity contribution in [2.45, 2.75) is 33.1 Å². The first-order valence-corrected chi connectivity index (χ1v) is 6.33. The SMILES string of the molecule is Cc1ccc(NC(=O)NCCCCC(=O)O)cc1C. The molecule has 0 atom stereocenters. The second-order valence-corrected chi connectivity index (χ2v) is 4.53. The Bertz CT molecular complexity index is 458. The number of carboxylic acids is 1. The molecule has 104 valence electrons. The standard InChI is InChI=1S/C14H20N2O3/c1-10-6-7-12(9-11(10)2)16-14(19)15-8-4-3-5-13(17)18/h6-7,9H,3-5,8H2,1-2H3,(H,17,18)(H2,15,16,19). The van der Waals surface area contributed by atoms with Gasteiger partial charge in [0, 0.05) is 18.7 Å². The highest BCUT2D eigenvalue weighted by atomic mass is 16.4. The van der Waals surface area contributed by atoms with Crippen molar-refractivity contribution in [3.05, 3.63) is 29.3 Å². The highest BCUT2D eigenvalue weighted by Crippen LogP contribution is 2.13. The third-order valence-electron chi connectivity index (χ3n) is 2.87. The first-order valence-electron chi connectivity index (χ1n) is 6.33. The summed E-state index contributed by atoms with van der Waals surface area (Å²) in [6, 6.07) is 5.46. The number of carboxylic acid groups (broad SMARTS) is 1. The molecule has 0 radical (unpaired) electrons. The molecule has 1 aromatic rings. The van der Waals surface area contributed by atoms with Gasteiger partial charge in [-0.1, -0.05) is 6.07 Å². The largest absolute Gasteiger partial charge is 0.481 e. The van der Waals surface area contributed by atoms with Gasteiger partial charge in [0.15, 0.2) is 0 Å². The van der Waals surface area contributed by atoms with E-state index in [1.807, 2.05) is 32.0 Å². The molecule has 0 saturated carbocycles. The van der Waals surface area contributed by atoms with Crippen LogP contribution in [0.1, 0.15) is 30.4 Å². The van der Waals surface area contributed by atoms with E-state index in [9.17, 15) is 9.59 Å². The van der Waals surface area contributed by atoms with Gasteiger partial charge in [-0.2, -0.15) is 0 Å². The van der Waals surface area contributed by atoms with E-state index < -0.39 is 5.97 Å². The quantitative estimate of drug-likeness (QED) is 0.691. The normalized spacial score (nSPS) is 10.0. The summed E-state index contributed by atoms with van der Waals surface area (Å²) in [6.45, 7) is 4.48. The second kappa shape index (κ2) is 7.41. The summed E-state index contributed by atoms with van der Waals surface area (Å²) in [5.74, 6) is -0.806. The number of hydrogen-bond donors (Lipinski definition) is 3. The average Bonchev–Trinajstić information content (AvgIpc) is 2.33. The molecule has 19 heavy (non-hydrogen) atoms. The molecular weight excluding hydrogens is 244 g/mol. The number of carbonyl (C=O) groups excluding carboxylic acids is 1.